The summed E-state index contributed by atoms with van der Waals surface area (Å²) in [5, 5.41) is 13.7. The number of aromatic hydroxyl groups is 1. The Bertz CT molecular complexity index is 575. The molecule has 4 heteroatoms. The van der Waals surface area contributed by atoms with E-state index >= 15 is 0 Å². The van der Waals surface area contributed by atoms with Crippen LogP contribution in [0.3, 0.4) is 0 Å². The van der Waals surface area contributed by atoms with Crippen molar-refractivity contribution in [2.24, 2.45) is 0 Å². The second kappa shape index (κ2) is 6.27. The average Bonchev–Trinajstić information content (AvgIpc) is 2.51. The van der Waals surface area contributed by atoms with E-state index in [4.69, 9.17) is 11.6 Å². The van der Waals surface area contributed by atoms with Gasteiger partial charge in [0.05, 0.1) is 0 Å². The maximum atomic E-state index is 9.34. The van der Waals surface area contributed by atoms with E-state index in [0.717, 1.165) is 36.6 Å². The summed E-state index contributed by atoms with van der Waals surface area (Å²) < 4.78 is 0. The number of rotatable bonds is 3. The van der Waals surface area contributed by atoms with E-state index in [9.17, 15) is 5.11 Å². The molecular weight excluding hydrogens is 284 g/mol. The van der Waals surface area contributed by atoms with Gasteiger partial charge in [-0.15, -0.1) is 0 Å². The molecule has 1 saturated heterocycles. The fourth-order valence-corrected chi connectivity index (χ4v) is 2.85. The predicted octanol–water partition coefficient (Wildman–Crippen LogP) is 4.13. The van der Waals surface area contributed by atoms with E-state index < -0.39 is 0 Å². The predicted molar refractivity (Wildman–Crippen MR) is 88.4 cm³/mol. The van der Waals surface area contributed by atoms with Crippen LogP contribution in [-0.2, 0) is 0 Å². The van der Waals surface area contributed by atoms with Gasteiger partial charge in [-0.3, -0.25) is 0 Å². The lowest BCUT2D eigenvalue weighted by atomic mass is 10.0. The quantitative estimate of drug-likeness (QED) is 0.895. The minimum absolute atomic E-state index is 0.318. The number of halogens is 1. The third-order valence-corrected chi connectivity index (χ3v) is 4.18. The molecule has 2 aromatic rings. The SMILES string of the molecule is Oc1ccc(N2CCC(Nc3ccc(Cl)cc3)CC2)cc1. The maximum Gasteiger partial charge on any atom is 0.115 e. The summed E-state index contributed by atoms with van der Waals surface area (Å²) in [5.41, 5.74) is 2.31. The number of anilines is 2. The molecule has 0 atom stereocenters. The highest BCUT2D eigenvalue weighted by molar-refractivity contribution is 6.30. The first-order chi connectivity index (χ1) is 10.2. The zero-order valence-electron chi connectivity index (χ0n) is 11.8. The fraction of sp³-hybridized carbons (Fsp3) is 0.294. The van der Waals surface area contributed by atoms with Gasteiger partial charge in [-0.1, -0.05) is 11.6 Å². The van der Waals surface area contributed by atoms with Gasteiger partial charge in [-0.25, -0.2) is 0 Å². The molecule has 0 saturated carbocycles. The van der Waals surface area contributed by atoms with Crippen LogP contribution in [0.15, 0.2) is 48.5 Å². The minimum atomic E-state index is 0.318. The smallest absolute Gasteiger partial charge is 0.115 e. The lowest BCUT2D eigenvalue weighted by Gasteiger charge is -2.34. The molecule has 0 aliphatic carbocycles. The first-order valence-electron chi connectivity index (χ1n) is 7.27. The summed E-state index contributed by atoms with van der Waals surface area (Å²) in [6, 6.07) is 15.8. The van der Waals surface area contributed by atoms with Crippen LogP contribution in [0.4, 0.5) is 11.4 Å². The highest BCUT2D eigenvalue weighted by atomic mass is 35.5. The minimum Gasteiger partial charge on any atom is -0.508 e. The molecule has 2 aromatic carbocycles. The van der Waals surface area contributed by atoms with Gasteiger partial charge in [-0.05, 0) is 61.4 Å². The molecule has 3 nitrogen and oxygen atoms in total. The Labute approximate surface area is 130 Å². The first kappa shape index (κ1) is 14.1. The Morgan fingerprint density at radius 1 is 0.952 bits per heavy atom. The first-order valence-corrected chi connectivity index (χ1v) is 7.64. The van der Waals surface area contributed by atoms with E-state index in [2.05, 4.69) is 10.2 Å². The maximum absolute atomic E-state index is 9.34. The number of hydrogen-bond donors (Lipinski definition) is 2. The molecule has 0 bridgehead atoms. The number of nitrogens with zero attached hydrogens (tertiary/aromatic N) is 1. The number of phenolic OH excluding ortho intramolecular Hbond substituents is 1. The van der Waals surface area contributed by atoms with Gasteiger partial charge in [0.25, 0.3) is 0 Å². The van der Waals surface area contributed by atoms with Crippen LogP contribution < -0.4 is 10.2 Å². The molecule has 0 unspecified atom stereocenters. The topological polar surface area (TPSA) is 35.5 Å². The van der Waals surface area contributed by atoms with Crippen molar-refractivity contribution < 1.29 is 5.11 Å². The molecule has 0 aromatic heterocycles. The third kappa shape index (κ3) is 3.61. The van der Waals surface area contributed by atoms with Crippen LogP contribution in [-0.4, -0.2) is 24.2 Å². The molecule has 1 aliphatic heterocycles. The van der Waals surface area contributed by atoms with Crippen molar-refractivity contribution in [3.05, 3.63) is 53.6 Å². The normalized spacial score (nSPS) is 16.0. The lowest BCUT2D eigenvalue weighted by Crippen LogP contribution is -2.39. The van der Waals surface area contributed by atoms with Gasteiger partial charge >= 0.3 is 0 Å². The van der Waals surface area contributed by atoms with E-state index in [1.54, 1.807) is 12.1 Å². The fourth-order valence-electron chi connectivity index (χ4n) is 2.73. The van der Waals surface area contributed by atoms with Crippen molar-refractivity contribution in [1.82, 2.24) is 0 Å². The largest absolute Gasteiger partial charge is 0.508 e. The van der Waals surface area contributed by atoms with Crippen LogP contribution >= 0.6 is 11.6 Å². The summed E-state index contributed by atoms with van der Waals surface area (Å²) in [6.45, 7) is 2.05. The number of nitrogens with one attached hydrogen (secondary N) is 1. The number of phenols is 1. The molecule has 0 spiro atoms. The monoisotopic (exact) mass is 302 g/mol. The van der Waals surface area contributed by atoms with Crippen LogP contribution in [0, 0.1) is 0 Å². The summed E-state index contributed by atoms with van der Waals surface area (Å²) in [5.74, 6) is 0.318. The summed E-state index contributed by atoms with van der Waals surface area (Å²) in [4.78, 5) is 2.36. The number of hydrogen-bond acceptors (Lipinski definition) is 3. The summed E-state index contributed by atoms with van der Waals surface area (Å²) in [7, 11) is 0. The van der Waals surface area contributed by atoms with Gasteiger partial charge in [0.15, 0.2) is 0 Å². The molecule has 0 radical (unpaired) electrons. The standard InChI is InChI=1S/C17H19ClN2O/c18-13-1-3-14(4-2-13)19-15-9-11-20(12-10-15)16-5-7-17(21)8-6-16/h1-8,15,19,21H,9-12H2. The Kier molecular flexibility index (Phi) is 4.20. The van der Waals surface area contributed by atoms with Crippen molar-refractivity contribution in [2.75, 3.05) is 23.3 Å². The van der Waals surface area contributed by atoms with Gasteiger partial charge in [0.2, 0.25) is 0 Å². The number of piperidine rings is 1. The van der Waals surface area contributed by atoms with Crippen molar-refractivity contribution in [2.45, 2.75) is 18.9 Å². The molecular formula is C17H19ClN2O. The Morgan fingerprint density at radius 2 is 1.57 bits per heavy atom. The summed E-state index contributed by atoms with van der Waals surface area (Å²) in [6.07, 6.45) is 2.20. The lowest BCUT2D eigenvalue weighted by molar-refractivity contribution is 0.475. The van der Waals surface area contributed by atoms with Crippen molar-refractivity contribution in [1.29, 1.82) is 0 Å². The molecule has 1 fully saturated rings. The zero-order valence-corrected chi connectivity index (χ0v) is 12.6. The van der Waals surface area contributed by atoms with E-state index in [1.165, 1.54) is 5.69 Å². The molecule has 21 heavy (non-hydrogen) atoms. The van der Waals surface area contributed by atoms with Crippen molar-refractivity contribution in [3.63, 3.8) is 0 Å². The van der Waals surface area contributed by atoms with Crippen LogP contribution in [0.25, 0.3) is 0 Å². The zero-order chi connectivity index (χ0) is 14.7. The van der Waals surface area contributed by atoms with Crippen molar-refractivity contribution in [3.8, 4) is 5.75 Å². The average molecular weight is 303 g/mol. The Balaban J connectivity index is 1.55. The van der Waals surface area contributed by atoms with E-state index in [1.807, 2.05) is 36.4 Å². The third-order valence-electron chi connectivity index (χ3n) is 3.92. The molecule has 0 amide bonds. The van der Waals surface area contributed by atoms with Crippen LogP contribution in [0.2, 0.25) is 5.02 Å². The molecule has 1 heterocycles. The van der Waals surface area contributed by atoms with E-state index in [0.29, 0.717) is 11.8 Å². The van der Waals surface area contributed by atoms with Gasteiger partial charge in [0.1, 0.15) is 5.75 Å². The van der Waals surface area contributed by atoms with Gasteiger partial charge in [0, 0.05) is 35.5 Å². The second-order valence-electron chi connectivity index (χ2n) is 5.43. The molecule has 110 valence electrons. The Morgan fingerprint density at radius 3 is 2.19 bits per heavy atom. The highest BCUT2D eigenvalue weighted by Crippen LogP contribution is 2.24. The second-order valence-corrected chi connectivity index (χ2v) is 5.87. The Hall–Kier alpha value is -1.87. The van der Waals surface area contributed by atoms with Gasteiger partial charge in [-0.2, -0.15) is 0 Å². The van der Waals surface area contributed by atoms with Crippen molar-refractivity contribution >= 4 is 23.0 Å². The highest BCUT2D eigenvalue weighted by Gasteiger charge is 2.19. The van der Waals surface area contributed by atoms with Crippen LogP contribution in [0.5, 0.6) is 5.75 Å². The molecule has 2 N–H and O–H groups in total. The molecule has 3 rings (SSSR count). The van der Waals surface area contributed by atoms with Crippen LogP contribution in [0.1, 0.15) is 12.8 Å². The van der Waals surface area contributed by atoms with E-state index in [-0.39, 0.29) is 0 Å². The molecule has 1 aliphatic rings. The van der Waals surface area contributed by atoms with Gasteiger partial charge < -0.3 is 15.3 Å². The number of benzene rings is 2. The summed E-state index contributed by atoms with van der Waals surface area (Å²) >= 11 is 5.90.